The lowest BCUT2D eigenvalue weighted by atomic mass is 10.2. The zero-order chi connectivity index (χ0) is 13.8. The van der Waals surface area contributed by atoms with Crippen molar-refractivity contribution in [2.75, 3.05) is 0 Å². The van der Waals surface area contributed by atoms with Crippen molar-refractivity contribution in [2.24, 2.45) is 0 Å². The minimum Gasteiger partial charge on any atom is -0.317 e. The van der Waals surface area contributed by atoms with Gasteiger partial charge in [0.1, 0.15) is 5.82 Å². The van der Waals surface area contributed by atoms with Crippen LogP contribution in [-0.4, -0.2) is 4.57 Å². The molecule has 3 rings (SSSR count). The third kappa shape index (κ3) is 2.68. The van der Waals surface area contributed by atoms with Crippen LogP contribution in [0, 0.1) is 12.7 Å². The van der Waals surface area contributed by atoms with Crippen molar-refractivity contribution in [3.8, 4) is 5.69 Å². The standard InChI is InChI=1S/C15H12FN.C2H6/c1-11-2-7-15-12(10-11)8-9-17(15)14-5-3-13(16)4-6-14;1-2/h2-10H,1H3;1-2H3. The Morgan fingerprint density at radius 1 is 0.895 bits per heavy atom. The number of halogens is 1. The molecule has 0 amide bonds. The maximum absolute atomic E-state index is 12.9. The summed E-state index contributed by atoms with van der Waals surface area (Å²) in [4.78, 5) is 0. The minimum atomic E-state index is -0.207. The molecule has 0 fully saturated rings. The number of aryl methyl sites for hydroxylation is 1. The smallest absolute Gasteiger partial charge is 0.123 e. The van der Waals surface area contributed by atoms with Crippen LogP contribution in [0.3, 0.4) is 0 Å². The molecule has 0 saturated carbocycles. The molecule has 0 aliphatic carbocycles. The third-order valence-corrected chi connectivity index (χ3v) is 2.95. The van der Waals surface area contributed by atoms with E-state index in [0.29, 0.717) is 0 Å². The number of nitrogens with zero attached hydrogens (tertiary/aromatic N) is 1. The van der Waals surface area contributed by atoms with Gasteiger partial charge in [0.15, 0.2) is 0 Å². The molecule has 2 aromatic carbocycles. The van der Waals surface area contributed by atoms with Crippen LogP contribution >= 0.6 is 0 Å². The topological polar surface area (TPSA) is 4.93 Å². The van der Waals surface area contributed by atoms with Crippen molar-refractivity contribution in [3.05, 3.63) is 66.1 Å². The van der Waals surface area contributed by atoms with E-state index in [4.69, 9.17) is 0 Å². The fourth-order valence-electron chi connectivity index (χ4n) is 2.09. The molecule has 0 bridgehead atoms. The first kappa shape index (κ1) is 13.3. The number of hydrogen-bond acceptors (Lipinski definition) is 0. The molecule has 0 atom stereocenters. The van der Waals surface area contributed by atoms with Gasteiger partial charge in [-0.15, -0.1) is 0 Å². The van der Waals surface area contributed by atoms with Crippen LogP contribution in [0.25, 0.3) is 16.6 Å². The first-order valence-electron chi connectivity index (χ1n) is 6.58. The zero-order valence-corrected chi connectivity index (χ0v) is 11.5. The average molecular weight is 255 g/mol. The van der Waals surface area contributed by atoms with E-state index in [0.717, 1.165) is 11.2 Å². The highest BCUT2D eigenvalue weighted by Crippen LogP contribution is 2.21. The fraction of sp³-hybridized carbons (Fsp3) is 0.176. The predicted octanol–water partition coefficient (Wildman–Crippen LogP) is 5.10. The van der Waals surface area contributed by atoms with Crippen molar-refractivity contribution < 1.29 is 4.39 Å². The predicted molar refractivity (Wildman–Crippen MR) is 79.3 cm³/mol. The Morgan fingerprint density at radius 2 is 1.58 bits per heavy atom. The third-order valence-electron chi connectivity index (χ3n) is 2.95. The first-order chi connectivity index (χ1) is 9.24. The van der Waals surface area contributed by atoms with Crippen molar-refractivity contribution in [2.45, 2.75) is 20.8 Å². The van der Waals surface area contributed by atoms with Crippen molar-refractivity contribution in [1.29, 1.82) is 0 Å². The SMILES string of the molecule is CC.Cc1ccc2c(ccn2-c2ccc(F)cc2)c1. The molecule has 98 valence electrons. The molecule has 19 heavy (non-hydrogen) atoms. The second kappa shape index (κ2) is 5.70. The molecule has 3 aromatic rings. The van der Waals surface area contributed by atoms with Crippen LogP contribution in [-0.2, 0) is 0 Å². The van der Waals surface area contributed by atoms with Gasteiger partial charge >= 0.3 is 0 Å². The Kier molecular flexibility index (Phi) is 4.00. The summed E-state index contributed by atoms with van der Waals surface area (Å²) in [5.74, 6) is -0.207. The maximum Gasteiger partial charge on any atom is 0.123 e. The highest BCUT2D eigenvalue weighted by molar-refractivity contribution is 5.82. The van der Waals surface area contributed by atoms with Crippen LogP contribution < -0.4 is 0 Å². The van der Waals surface area contributed by atoms with E-state index in [2.05, 4.69) is 35.8 Å². The number of rotatable bonds is 1. The van der Waals surface area contributed by atoms with E-state index in [-0.39, 0.29) is 5.82 Å². The molecule has 1 aromatic heterocycles. The molecule has 0 unspecified atom stereocenters. The maximum atomic E-state index is 12.9. The van der Waals surface area contributed by atoms with Crippen molar-refractivity contribution >= 4 is 10.9 Å². The zero-order valence-electron chi connectivity index (χ0n) is 11.5. The molecule has 1 heterocycles. The van der Waals surface area contributed by atoms with Gasteiger partial charge in [0.2, 0.25) is 0 Å². The summed E-state index contributed by atoms with van der Waals surface area (Å²) in [6.07, 6.45) is 2.01. The van der Waals surface area contributed by atoms with Gasteiger partial charge in [-0.05, 0) is 49.4 Å². The van der Waals surface area contributed by atoms with E-state index >= 15 is 0 Å². The molecule has 0 radical (unpaired) electrons. The van der Waals surface area contributed by atoms with Crippen LogP contribution in [0.1, 0.15) is 19.4 Å². The number of hydrogen-bond donors (Lipinski definition) is 0. The highest BCUT2D eigenvalue weighted by atomic mass is 19.1. The van der Waals surface area contributed by atoms with E-state index < -0.39 is 0 Å². The van der Waals surface area contributed by atoms with Crippen LogP contribution in [0.5, 0.6) is 0 Å². The van der Waals surface area contributed by atoms with Gasteiger partial charge in [-0.25, -0.2) is 4.39 Å². The minimum absolute atomic E-state index is 0.207. The quantitative estimate of drug-likeness (QED) is 0.570. The van der Waals surface area contributed by atoms with Crippen molar-refractivity contribution in [1.82, 2.24) is 4.57 Å². The van der Waals surface area contributed by atoms with Gasteiger partial charge in [0, 0.05) is 17.3 Å². The second-order valence-electron chi connectivity index (χ2n) is 4.22. The lowest BCUT2D eigenvalue weighted by molar-refractivity contribution is 0.627. The molecule has 1 nitrogen and oxygen atoms in total. The number of fused-ring (bicyclic) bond motifs is 1. The first-order valence-corrected chi connectivity index (χ1v) is 6.58. The summed E-state index contributed by atoms with van der Waals surface area (Å²) >= 11 is 0. The normalized spacial score (nSPS) is 10.1. The summed E-state index contributed by atoms with van der Waals surface area (Å²) < 4.78 is 14.9. The van der Waals surface area contributed by atoms with Gasteiger partial charge in [-0.1, -0.05) is 25.5 Å². The highest BCUT2D eigenvalue weighted by Gasteiger charge is 2.03. The Labute approximate surface area is 113 Å². The van der Waals surface area contributed by atoms with E-state index in [1.807, 2.05) is 20.0 Å². The number of aromatic nitrogens is 1. The Bertz CT molecular complexity index is 665. The Morgan fingerprint density at radius 3 is 2.26 bits per heavy atom. The molecular weight excluding hydrogens is 237 g/mol. The lowest BCUT2D eigenvalue weighted by Crippen LogP contribution is -1.91. The second-order valence-corrected chi connectivity index (χ2v) is 4.22. The van der Waals surface area contributed by atoms with Gasteiger partial charge in [-0.2, -0.15) is 0 Å². The van der Waals surface area contributed by atoms with E-state index in [1.54, 1.807) is 12.1 Å². The fourth-order valence-corrected chi connectivity index (χ4v) is 2.09. The largest absolute Gasteiger partial charge is 0.317 e. The summed E-state index contributed by atoms with van der Waals surface area (Å²) in [5, 5.41) is 1.20. The Balaban J connectivity index is 0.000000637. The molecular formula is C17H18FN. The molecule has 0 saturated heterocycles. The van der Waals surface area contributed by atoms with E-state index in [9.17, 15) is 4.39 Å². The van der Waals surface area contributed by atoms with Crippen molar-refractivity contribution in [3.63, 3.8) is 0 Å². The molecule has 0 aliphatic heterocycles. The Hall–Kier alpha value is -2.09. The number of benzene rings is 2. The van der Waals surface area contributed by atoms with Crippen LogP contribution in [0.4, 0.5) is 4.39 Å². The molecule has 2 heteroatoms. The molecule has 0 aliphatic rings. The van der Waals surface area contributed by atoms with Gasteiger partial charge in [0.05, 0.1) is 5.52 Å². The molecule has 0 N–H and O–H groups in total. The van der Waals surface area contributed by atoms with Gasteiger partial charge in [0.25, 0.3) is 0 Å². The monoisotopic (exact) mass is 255 g/mol. The molecule has 0 spiro atoms. The summed E-state index contributed by atoms with van der Waals surface area (Å²) in [5.41, 5.74) is 3.36. The van der Waals surface area contributed by atoms with E-state index in [1.165, 1.54) is 23.1 Å². The van der Waals surface area contributed by atoms with Crippen LogP contribution in [0.2, 0.25) is 0 Å². The van der Waals surface area contributed by atoms with Gasteiger partial charge < -0.3 is 4.57 Å². The summed E-state index contributed by atoms with van der Waals surface area (Å²) in [7, 11) is 0. The lowest BCUT2D eigenvalue weighted by Gasteiger charge is -2.05. The average Bonchev–Trinajstić information content (AvgIpc) is 2.85. The van der Waals surface area contributed by atoms with Gasteiger partial charge in [-0.3, -0.25) is 0 Å². The summed E-state index contributed by atoms with van der Waals surface area (Å²) in [6, 6.07) is 14.9. The summed E-state index contributed by atoms with van der Waals surface area (Å²) in [6.45, 7) is 6.08. The van der Waals surface area contributed by atoms with Crippen LogP contribution in [0.15, 0.2) is 54.7 Å².